The van der Waals surface area contributed by atoms with Gasteiger partial charge in [-0.3, -0.25) is 14.4 Å². The molecule has 0 atom stereocenters. The number of hydrogen-bond acceptors (Lipinski definition) is 3. The number of nitrogens with one attached hydrogen (secondary N) is 2. The Morgan fingerprint density at radius 2 is 1.59 bits per heavy atom. The van der Waals surface area contributed by atoms with Crippen LogP contribution in [0.2, 0.25) is 0 Å². The van der Waals surface area contributed by atoms with E-state index < -0.39 is 17.1 Å². The molecule has 0 aliphatic carbocycles. The number of hydrogen-bond donors (Lipinski definition) is 3. The number of benzene rings is 2. The molecule has 6 heteroatoms. The lowest BCUT2D eigenvalue weighted by atomic mass is 10.0. The van der Waals surface area contributed by atoms with Crippen molar-refractivity contribution >= 4 is 17.0 Å². The number of rotatable bonds is 3. The van der Waals surface area contributed by atoms with E-state index in [2.05, 4.69) is 9.97 Å². The Labute approximate surface area is 124 Å². The van der Waals surface area contributed by atoms with E-state index in [4.69, 9.17) is 5.11 Å². The first-order chi connectivity index (χ1) is 10.5. The van der Waals surface area contributed by atoms with Gasteiger partial charge < -0.3 is 15.1 Å². The first-order valence-electron chi connectivity index (χ1n) is 6.60. The summed E-state index contributed by atoms with van der Waals surface area (Å²) in [5, 5.41) is 8.85. The highest BCUT2D eigenvalue weighted by Gasteiger charge is 2.05. The second-order valence-electron chi connectivity index (χ2n) is 4.94. The van der Waals surface area contributed by atoms with Crippen LogP contribution < -0.4 is 11.1 Å². The average Bonchev–Trinajstić information content (AvgIpc) is 2.47. The van der Waals surface area contributed by atoms with Gasteiger partial charge >= 0.3 is 17.1 Å². The van der Waals surface area contributed by atoms with Gasteiger partial charge in [0.25, 0.3) is 0 Å². The topological polar surface area (TPSA) is 103 Å². The number of aromatic nitrogens is 2. The molecule has 3 rings (SSSR count). The zero-order valence-electron chi connectivity index (χ0n) is 11.4. The zero-order chi connectivity index (χ0) is 15.7. The highest BCUT2D eigenvalue weighted by Crippen LogP contribution is 2.23. The van der Waals surface area contributed by atoms with Crippen molar-refractivity contribution in [1.82, 2.24) is 9.97 Å². The Morgan fingerprint density at radius 3 is 2.32 bits per heavy atom. The van der Waals surface area contributed by atoms with Crippen molar-refractivity contribution in [3.05, 3.63) is 68.7 Å². The van der Waals surface area contributed by atoms with Crippen LogP contribution in [0, 0.1) is 0 Å². The fourth-order valence-corrected chi connectivity index (χ4v) is 2.33. The lowest BCUT2D eigenvalue weighted by Crippen LogP contribution is -2.28. The lowest BCUT2D eigenvalue weighted by Gasteiger charge is -2.06. The molecule has 0 unspecified atom stereocenters. The minimum Gasteiger partial charge on any atom is -0.481 e. The zero-order valence-corrected chi connectivity index (χ0v) is 11.4. The quantitative estimate of drug-likeness (QED) is 0.637. The van der Waals surface area contributed by atoms with Gasteiger partial charge in [-0.25, -0.2) is 0 Å². The van der Waals surface area contributed by atoms with Gasteiger partial charge in [0.15, 0.2) is 0 Å². The van der Waals surface area contributed by atoms with E-state index in [1.807, 2.05) is 6.07 Å². The normalized spacial score (nSPS) is 10.7. The van der Waals surface area contributed by atoms with Crippen LogP contribution in [0.4, 0.5) is 0 Å². The van der Waals surface area contributed by atoms with Crippen molar-refractivity contribution in [2.45, 2.75) is 6.42 Å². The van der Waals surface area contributed by atoms with Crippen molar-refractivity contribution in [2.75, 3.05) is 0 Å². The second-order valence-corrected chi connectivity index (χ2v) is 4.94. The van der Waals surface area contributed by atoms with Crippen molar-refractivity contribution < 1.29 is 9.90 Å². The summed E-state index contributed by atoms with van der Waals surface area (Å²) in [4.78, 5) is 38.5. The van der Waals surface area contributed by atoms with Gasteiger partial charge in [-0.2, -0.15) is 0 Å². The summed E-state index contributed by atoms with van der Waals surface area (Å²) < 4.78 is 0. The maximum atomic E-state index is 11.4. The molecule has 0 amide bonds. The number of carboxylic acid groups (broad SMARTS) is 1. The lowest BCUT2D eigenvalue weighted by molar-refractivity contribution is -0.136. The Balaban J connectivity index is 2.10. The summed E-state index contributed by atoms with van der Waals surface area (Å²) in [5.41, 5.74) is 2.02. The number of aliphatic carboxylic acids is 1. The number of carbonyl (C=O) groups is 1. The molecule has 0 fully saturated rings. The Bertz CT molecular complexity index is 985. The molecule has 1 heterocycles. The molecule has 110 valence electrons. The largest absolute Gasteiger partial charge is 0.481 e. The molecular formula is C16H12N2O4. The fourth-order valence-electron chi connectivity index (χ4n) is 2.33. The molecular weight excluding hydrogens is 284 g/mol. The van der Waals surface area contributed by atoms with Gasteiger partial charge in [0.2, 0.25) is 0 Å². The molecule has 0 aliphatic heterocycles. The molecule has 0 saturated heterocycles. The monoisotopic (exact) mass is 296 g/mol. The molecule has 0 saturated carbocycles. The molecule has 6 nitrogen and oxygen atoms in total. The Kier molecular flexibility index (Phi) is 3.34. The van der Waals surface area contributed by atoms with E-state index >= 15 is 0 Å². The van der Waals surface area contributed by atoms with Crippen LogP contribution in [0.5, 0.6) is 0 Å². The number of fused-ring (bicyclic) bond motifs is 1. The standard InChI is InChI=1S/C16H12N2O4/c19-14(20)7-9-2-1-3-10(6-9)11-4-5-12-13(8-11)18-16(22)15(21)17-12/h1-6,8H,7H2,(H,17,21)(H,18,22)(H,19,20). The summed E-state index contributed by atoms with van der Waals surface area (Å²) in [6, 6.07) is 12.4. The van der Waals surface area contributed by atoms with E-state index in [0.717, 1.165) is 11.1 Å². The Hall–Kier alpha value is -3.15. The van der Waals surface area contributed by atoms with Gasteiger partial charge in [0.05, 0.1) is 17.5 Å². The summed E-state index contributed by atoms with van der Waals surface area (Å²) in [6.07, 6.45) is -0.0500. The van der Waals surface area contributed by atoms with Crippen molar-refractivity contribution in [3.8, 4) is 11.1 Å². The molecule has 0 spiro atoms. The van der Waals surface area contributed by atoms with E-state index in [1.165, 1.54) is 0 Å². The molecule has 2 aromatic carbocycles. The van der Waals surface area contributed by atoms with E-state index in [0.29, 0.717) is 16.6 Å². The average molecular weight is 296 g/mol. The van der Waals surface area contributed by atoms with Crippen LogP contribution in [0.3, 0.4) is 0 Å². The second kappa shape index (κ2) is 5.33. The molecule has 3 aromatic rings. The molecule has 0 radical (unpaired) electrons. The predicted octanol–water partition coefficient (Wildman–Crippen LogP) is 1.51. The van der Waals surface area contributed by atoms with Crippen LogP contribution >= 0.6 is 0 Å². The molecule has 0 bridgehead atoms. The minimum absolute atomic E-state index is 0.0500. The number of carboxylic acids is 1. The smallest absolute Gasteiger partial charge is 0.314 e. The van der Waals surface area contributed by atoms with Crippen LogP contribution in [0.1, 0.15) is 5.56 Å². The summed E-state index contributed by atoms with van der Waals surface area (Å²) in [5.74, 6) is -0.891. The van der Waals surface area contributed by atoms with Gasteiger partial charge in [0.1, 0.15) is 0 Å². The summed E-state index contributed by atoms with van der Waals surface area (Å²) >= 11 is 0. The minimum atomic E-state index is -0.891. The first-order valence-corrected chi connectivity index (χ1v) is 6.60. The van der Waals surface area contributed by atoms with Crippen molar-refractivity contribution in [2.24, 2.45) is 0 Å². The summed E-state index contributed by atoms with van der Waals surface area (Å²) in [7, 11) is 0. The maximum Gasteiger partial charge on any atom is 0.314 e. The molecule has 1 aromatic heterocycles. The third-order valence-corrected chi connectivity index (χ3v) is 3.34. The molecule has 22 heavy (non-hydrogen) atoms. The first kappa shape index (κ1) is 13.8. The highest BCUT2D eigenvalue weighted by atomic mass is 16.4. The van der Waals surface area contributed by atoms with E-state index in [1.54, 1.807) is 36.4 Å². The third kappa shape index (κ3) is 2.67. The van der Waals surface area contributed by atoms with Gasteiger partial charge in [-0.15, -0.1) is 0 Å². The Morgan fingerprint density at radius 1 is 0.909 bits per heavy atom. The molecule has 0 aliphatic rings. The third-order valence-electron chi connectivity index (χ3n) is 3.34. The van der Waals surface area contributed by atoms with E-state index in [9.17, 15) is 14.4 Å². The fraction of sp³-hybridized carbons (Fsp3) is 0.0625. The SMILES string of the molecule is O=C(O)Cc1cccc(-c2ccc3[nH]c(=O)c(=O)[nH]c3c2)c1. The van der Waals surface area contributed by atoms with Crippen molar-refractivity contribution in [3.63, 3.8) is 0 Å². The van der Waals surface area contributed by atoms with Gasteiger partial charge in [0, 0.05) is 0 Å². The van der Waals surface area contributed by atoms with E-state index in [-0.39, 0.29) is 6.42 Å². The van der Waals surface area contributed by atoms with Crippen LogP contribution in [-0.4, -0.2) is 21.0 Å². The number of H-pyrrole nitrogens is 2. The van der Waals surface area contributed by atoms with Gasteiger partial charge in [-0.05, 0) is 28.8 Å². The van der Waals surface area contributed by atoms with Crippen LogP contribution in [-0.2, 0) is 11.2 Å². The maximum absolute atomic E-state index is 11.4. The molecule has 3 N–H and O–H groups in total. The van der Waals surface area contributed by atoms with Gasteiger partial charge in [-0.1, -0.05) is 30.3 Å². The van der Waals surface area contributed by atoms with Crippen LogP contribution in [0.25, 0.3) is 22.2 Å². The highest BCUT2D eigenvalue weighted by molar-refractivity contribution is 5.81. The van der Waals surface area contributed by atoms with Crippen molar-refractivity contribution in [1.29, 1.82) is 0 Å². The summed E-state index contributed by atoms with van der Waals surface area (Å²) in [6.45, 7) is 0. The number of aromatic amines is 2. The van der Waals surface area contributed by atoms with Crippen LogP contribution in [0.15, 0.2) is 52.1 Å². The predicted molar refractivity (Wildman–Crippen MR) is 82.0 cm³/mol.